The van der Waals surface area contributed by atoms with Crippen molar-refractivity contribution in [2.24, 2.45) is 23.7 Å². The van der Waals surface area contributed by atoms with Gasteiger partial charge in [0.05, 0.1) is 12.7 Å². The Balaban J connectivity index is 1.83. The lowest BCUT2D eigenvalue weighted by molar-refractivity contribution is -0.150. The Morgan fingerprint density at radius 2 is 2.00 bits per heavy atom. The van der Waals surface area contributed by atoms with Crippen molar-refractivity contribution in [3.05, 3.63) is 12.2 Å². The molecule has 3 aliphatic rings. The molecular formula is C14H20O3. The van der Waals surface area contributed by atoms with Crippen molar-refractivity contribution in [3.63, 3.8) is 0 Å². The number of rotatable bonds is 2. The number of Topliss-reactive ketones (excluding diaryl/α,β-unsaturated/α-hetero) is 1. The molecule has 3 nitrogen and oxygen atoms in total. The van der Waals surface area contributed by atoms with Crippen LogP contribution in [0.4, 0.5) is 0 Å². The SMILES string of the molecule is CC(=O)[C@@H]1[C@@H]([C@H]2COC(C)(C)O2)[C@H]2C=C[C@@H]1C2. The van der Waals surface area contributed by atoms with Gasteiger partial charge in [-0.2, -0.15) is 0 Å². The fraction of sp³-hybridized carbons (Fsp3) is 0.786. The summed E-state index contributed by atoms with van der Waals surface area (Å²) in [5.74, 6) is 1.24. The van der Waals surface area contributed by atoms with Gasteiger partial charge in [-0.15, -0.1) is 0 Å². The Kier molecular flexibility index (Phi) is 2.46. The normalized spacial score (nSPS) is 46.6. The molecule has 1 saturated carbocycles. The van der Waals surface area contributed by atoms with Crippen molar-refractivity contribution in [2.75, 3.05) is 6.61 Å². The van der Waals surface area contributed by atoms with E-state index >= 15 is 0 Å². The second-order valence-corrected chi connectivity index (χ2v) is 6.03. The molecule has 0 radical (unpaired) electrons. The highest BCUT2D eigenvalue weighted by Gasteiger charge is 2.52. The number of hydrogen-bond acceptors (Lipinski definition) is 3. The van der Waals surface area contributed by atoms with E-state index in [0.717, 1.165) is 6.42 Å². The van der Waals surface area contributed by atoms with Crippen LogP contribution < -0.4 is 0 Å². The highest BCUT2D eigenvalue weighted by atomic mass is 16.7. The Bertz CT molecular complexity index is 372. The standard InChI is InChI=1S/C14H20O3/c1-8(15)12-9-4-5-10(6-9)13(12)11-7-16-14(2,3)17-11/h4-5,9-13H,6-7H2,1-3H3/t9-,10+,11-,12+,13-/m1/s1. The van der Waals surface area contributed by atoms with Crippen LogP contribution in [0.3, 0.4) is 0 Å². The maximum atomic E-state index is 11.8. The van der Waals surface area contributed by atoms with Gasteiger partial charge in [0.2, 0.25) is 0 Å². The van der Waals surface area contributed by atoms with Crippen molar-refractivity contribution < 1.29 is 14.3 Å². The summed E-state index contributed by atoms with van der Waals surface area (Å²) in [4.78, 5) is 11.8. The second-order valence-electron chi connectivity index (χ2n) is 6.03. The zero-order chi connectivity index (χ0) is 12.2. The van der Waals surface area contributed by atoms with E-state index in [9.17, 15) is 4.79 Å². The Hall–Kier alpha value is -0.670. The first-order chi connectivity index (χ1) is 7.98. The zero-order valence-electron chi connectivity index (χ0n) is 10.7. The first kappa shape index (κ1) is 11.4. The van der Waals surface area contributed by atoms with E-state index in [0.29, 0.717) is 30.1 Å². The van der Waals surface area contributed by atoms with Gasteiger partial charge < -0.3 is 9.47 Å². The lowest BCUT2D eigenvalue weighted by Gasteiger charge is -2.30. The lowest BCUT2D eigenvalue weighted by Crippen LogP contribution is -2.37. The average molecular weight is 236 g/mol. The first-order valence-corrected chi connectivity index (χ1v) is 6.48. The van der Waals surface area contributed by atoms with Gasteiger partial charge in [-0.3, -0.25) is 4.79 Å². The highest BCUT2D eigenvalue weighted by molar-refractivity contribution is 5.80. The van der Waals surface area contributed by atoms with E-state index in [1.807, 2.05) is 13.8 Å². The average Bonchev–Trinajstić information content (AvgIpc) is 2.89. The predicted molar refractivity (Wildman–Crippen MR) is 63.3 cm³/mol. The summed E-state index contributed by atoms with van der Waals surface area (Å²) < 4.78 is 11.6. The molecule has 3 rings (SSSR count). The van der Waals surface area contributed by atoms with Crippen LogP contribution in [0.2, 0.25) is 0 Å². The number of allylic oxidation sites excluding steroid dienone is 2. The van der Waals surface area contributed by atoms with Crippen LogP contribution in [0.25, 0.3) is 0 Å². The quantitative estimate of drug-likeness (QED) is 0.689. The molecule has 0 aromatic rings. The third-order valence-electron chi connectivity index (χ3n) is 4.45. The van der Waals surface area contributed by atoms with Crippen LogP contribution in [0.5, 0.6) is 0 Å². The lowest BCUT2D eigenvalue weighted by atomic mass is 9.77. The van der Waals surface area contributed by atoms with E-state index in [-0.39, 0.29) is 12.0 Å². The van der Waals surface area contributed by atoms with Crippen LogP contribution >= 0.6 is 0 Å². The van der Waals surface area contributed by atoms with E-state index in [2.05, 4.69) is 12.2 Å². The van der Waals surface area contributed by atoms with Gasteiger partial charge in [-0.05, 0) is 39.0 Å². The fourth-order valence-electron chi connectivity index (χ4n) is 3.84. The van der Waals surface area contributed by atoms with E-state index in [1.165, 1.54) is 0 Å². The zero-order valence-corrected chi connectivity index (χ0v) is 10.7. The minimum atomic E-state index is -0.489. The molecule has 0 N–H and O–H groups in total. The van der Waals surface area contributed by atoms with Crippen LogP contribution in [0.1, 0.15) is 27.2 Å². The van der Waals surface area contributed by atoms with Crippen LogP contribution in [0, 0.1) is 23.7 Å². The molecule has 0 aromatic carbocycles. The van der Waals surface area contributed by atoms with E-state index < -0.39 is 5.79 Å². The molecule has 2 aliphatic carbocycles. The molecule has 2 fully saturated rings. The molecule has 5 atom stereocenters. The number of ketones is 1. The minimum Gasteiger partial charge on any atom is -0.348 e. The third kappa shape index (κ3) is 1.76. The number of ether oxygens (including phenoxy) is 2. The summed E-state index contributed by atoms with van der Waals surface area (Å²) in [6.07, 6.45) is 5.69. The summed E-state index contributed by atoms with van der Waals surface area (Å²) in [5, 5.41) is 0. The number of carbonyl (C=O) groups is 1. The molecule has 2 bridgehead atoms. The molecule has 1 saturated heterocycles. The summed E-state index contributed by atoms with van der Waals surface area (Å²) in [5.41, 5.74) is 0. The maximum absolute atomic E-state index is 11.8. The van der Waals surface area contributed by atoms with Crippen LogP contribution in [-0.2, 0) is 14.3 Å². The largest absolute Gasteiger partial charge is 0.348 e. The summed E-state index contributed by atoms with van der Waals surface area (Å²) >= 11 is 0. The summed E-state index contributed by atoms with van der Waals surface area (Å²) in [7, 11) is 0. The molecule has 94 valence electrons. The van der Waals surface area contributed by atoms with Gasteiger partial charge in [0.15, 0.2) is 5.79 Å². The van der Waals surface area contributed by atoms with Crippen molar-refractivity contribution >= 4 is 5.78 Å². The monoisotopic (exact) mass is 236 g/mol. The Morgan fingerprint density at radius 1 is 1.29 bits per heavy atom. The van der Waals surface area contributed by atoms with Gasteiger partial charge in [0.1, 0.15) is 5.78 Å². The van der Waals surface area contributed by atoms with Crippen LogP contribution in [-0.4, -0.2) is 24.3 Å². The smallest absolute Gasteiger partial charge is 0.163 e. The maximum Gasteiger partial charge on any atom is 0.163 e. The van der Waals surface area contributed by atoms with Gasteiger partial charge in [0, 0.05) is 11.8 Å². The molecule has 1 aliphatic heterocycles. The second kappa shape index (κ2) is 3.66. The summed E-state index contributed by atoms with van der Waals surface area (Å²) in [6.45, 7) is 6.23. The Labute approximate surface area is 102 Å². The fourth-order valence-corrected chi connectivity index (χ4v) is 3.84. The molecule has 0 aromatic heterocycles. The topological polar surface area (TPSA) is 35.5 Å². The highest BCUT2D eigenvalue weighted by Crippen LogP contribution is 2.51. The molecule has 0 spiro atoms. The van der Waals surface area contributed by atoms with Gasteiger partial charge in [-0.1, -0.05) is 12.2 Å². The molecule has 1 heterocycles. The van der Waals surface area contributed by atoms with Crippen LogP contribution in [0.15, 0.2) is 12.2 Å². The number of carbonyl (C=O) groups excluding carboxylic acids is 1. The van der Waals surface area contributed by atoms with Crippen molar-refractivity contribution in [1.82, 2.24) is 0 Å². The van der Waals surface area contributed by atoms with Gasteiger partial charge in [0.25, 0.3) is 0 Å². The third-order valence-corrected chi connectivity index (χ3v) is 4.45. The predicted octanol–water partition coefficient (Wildman–Crippen LogP) is 2.17. The number of fused-ring (bicyclic) bond motifs is 2. The first-order valence-electron chi connectivity index (χ1n) is 6.48. The number of hydrogen-bond donors (Lipinski definition) is 0. The van der Waals surface area contributed by atoms with E-state index in [4.69, 9.17) is 9.47 Å². The van der Waals surface area contributed by atoms with Gasteiger partial charge >= 0.3 is 0 Å². The molecular weight excluding hydrogens is 216 g/mol. The molecule has 17 heavy (non-hydrogen) atoms. The molecule has 0 amide bonds. The van der Waals surface area contributed by atoms with Gasteiger partial charge in [-0.25, -0.2) is 0 Å². The van der Waals surface area contributed by atoms with Crippen molar-refractivity contribution in [2.45, 2.75) is 39.1 Å². The van der Waals surface area contributed by atoms with E-state index in [1.54, 1.807) is 6.92 Å². The summed E-state index contributed by atoms with van der Waals surface area (Å²) in [6, 6.07) is 0. The Morgan fingerprint density at radius 3 is 2.59 bits per heavy atom. The minimum absolute atomic E-state index is 0.0823. The van der Waals surface area contributed by atoms with Crippen molar-refractivity contribution in [3.8, 4) is 0 Å². The molecule has 0 unspecified atom stereocenters. The van der Waals surface area contributed by atoms with Crippen molar-refractivity contribution in [1.29, 1.82) is 0 Å². The molecule has 3 heteroatoms.